The number of nitrogens with one attached hydrogen (secondary N) is 1. The topological polar surface area (TPSA) is 106 Å². The quantitative estimate of drug-likeness (QED) is 0.635. The van der Waals surface area contributed by atoms with Gasteiger partial charge in [0, 0.05) is 6.07 Å². The van der Waals surface area contributed by atoms with Gasteiger partial charge in [-0.3, -0.25) is 9.36 Å². The summed E-state index contributed by atoms with van der Waals surface area (Å²) in [4.78, 5) is 18.6. The summed E-state index contributed by atoms with van der Waals surface area (Å²) in [7, 11) is 0. The van der Waals surface area contributed by atoms with Crippen molar-refractivity contribution in [2.24, 2.45) is 0 Å². The van der Waals surface area contributed by atoms with E-state index in [0.717, 1.165) is 0 Å². The van der Waals surface area contributed by atoms with Crippen LogP contribution in [0.15, 0.2) is 29.3 Å². The van der Waals surface area contributed by atoms with Crippen molar-refractivity contribution >= 4 is 17.0 Å². The second kappa shape index (κ2) is 3.97. The van der Waals surface area contributed by atoms with Gasteiger partial charge in [-0.15, -0.1) is 0 Å². The number of aliphatic hydroxyl groups is 1. The molecule has 94 valence electrons. The van der Waals surface area contributed by atoms with Gasteiger partial charge < -0.3 is 20.6 Å². The molecule has 0 amide bonds. The molecule has 7 nitrogen and oxygen atoms in total. The zero-order valence-corrected chi connectivity index (χ0v) is 9.41. The molecule has 2 unspecified atom stereocenters. The Balaban J connectivity index is 2.09. The zero-order chi connectivity index (χ0) is 12.7. The lowest BCUT2D eigenvalue weighted by Crippen LogP contribution is -2.15. The normalized spacial score (nSPS) is 22.9. The number of imidazole rings is 1. The number of aromatic amines is 1. The highest BCUT2D eigenvalue weighted by Gasteiger charge is 2.22. The van der Waals surface area contributed by atoms with Gasteiger partial charge in [-0.2, -0.15) is 0 Å². The first-order chi connectivity index (χ1) is 8.69. The summed E-state index contributed by atoms with van der Waals surface area (Å²) in [5, 5.41) is 9.00. The molecule has 7 heteroatoms. The number of rotatable bonds is 2. The number of anilines is 1. The van der Waals surface area contributed by atoms with E-state index >= 15 is 0 Å². The maximum atomic E-state index is 11.7. The van der Waals surface area contributed by atoms with Crippen LogP contribution >= 0.6 is 0 Å². The number of ether oxygens (including phenoxy) is 1. The van der Waals surface area contributed by atoms with Gasteiger partial charge in [-0.25, -0.2) is 4.98 Å². The minimum absolute atomic E-state index is 0.0850. The van der Waals surface area contributed by atoms with Crippen LogP contribution in [0.3, 0.4) is 0 Å². The Morgan fingerprint density at radius 1 is 1.56 bits per heavy atom. The van der Waals surface area contributed by atoms with E-state index in [9.17, 15) is 4.79 Å². The number of nitrogens with zero attached hydrogens (tertiary/aromatic N) is 2. The Labute approximate surface area is 102 Å². The van der Waals surface area contributed by atoms with Gasteiger partial charge >= 0.3 is 0 Å². The second-order valence-corrected chi connectivity index (χ2v) is 4.07. The lowest BCUT2D eigenvalue weighted by atomic mass is 10.4. The Bertz CT molecular complexity index is 672. The van der Waals surface area contributed by atoms with Gasteiger partial charge in [0.15, 0.2) is 11.7 Å². The molecule has 0 aromatic carbocycles. The fourth-order valence-corrected chi connectivity index (χ4v) is 1.99. The Morgan fingerprint density at radius 3 is 3.11 bits per heavy atom. The van der Waals surface area contributed by atoms with E-state index in [4.69, 9.17) is 15.6 Å². The van der Waals surface area contributed by atoms with Gasteiger partial charge in [0.2, 0.25) is 5.43 Å². The van der Waals surface area contributed by atoms with Crippen LogP contribution in [0.1, 0.15) is 6.23 Å². The summed E-state index contributed by atoms with van der Waals surface area (Å²) in [6.07, 6.45) is 4.34. The van der Waals surface area contributed by atoms with E-state index in [1.807, 2.05) is 0 Å². The molecule has 3 heterocycles. The fourth-order valence-electron chi connectivity index (χ4n) is 1.99. The molecule has 2 atom stereocenters. The van der Waals surface area contributed by atoms with E-state index in [1.165, 1.54) is 12.4 Å². The standard InChI is InChI=1S/C11H12N4O3/c12-8-3-7(17)10-11(14-8)15(5-13-10)9-2-1-6(4-16)18-9/h1-3,5-6,9,16H,4H2,(H3,12,14,17). The van der Waals surface area contributed by atoms with Gasteiger partial charge in [0.1, 0.15) is 17.6 Å². The van der Waals surface area contributed by atoms with Crippen LogP contribution in [0.25, 0.3) is 11.2 Å². The van der Waals surface area contributed by atoms with Crippen molar-refractivity contribution < 1.29 is 9.84 Å². The maximum absolute atomic E-state index is 11.7. The molecule has 18 heavy (non-hydrogen) atoms. The SMILES string of the molecule is Nc1cc(=O)c2ncn(C3C=CC(CO)O3)c2[nH]1. The van der Waals surface area contributed by atoms with Gasteiger partial charge in [0.25, 0.3) is 0 Å². The van der Waals surface area contributed by atoms with Crippen molar-refractivity contribution in [3.63, 3.8) is 0 Å². The molecule has 1 aliphatic rings. The second-order valence-electron chi connectivity index (χ2n) is 4.07. The minimum atomic E-state index is -0.399. The predicted octanol–water partition coefficient (Wildman–Crippen LogP) is -0.247. The monoisotopic (exact) mass is 248 g/mol. The first-order valence-corrected chi connectivity index (χ1v) is 5.49. The summed E-state index contributed by atoms with van der Waals surface area (Å²) in [6, 6.07) is 1.29. The molecule has 0 fully saturated rings. The summed E-state index contributed by atoms with van der Waals surface area (Å²) < 4.78 is 7.21. The lowest BCUT2D eigenvalue weighted by molar-refractivity contribution is -0.00637. The number of nitrogen functional groups attached to an aromatic ring is 1. The Hall–Kier alpha value is -2.12. The molecule has 0 spiro atoms. The minimum Gasteiger partial charge on any atom is -0.393 e. The zero-order valence-electron chi connectivity index (χ0n) is 9.41. The summed E-state index contributed by atoms with van der Waals surface area (Å²) >= 11 is 0. The molecular weight excluding hydrogens is 236 g/mol. The first-order valence-electron chi connectivity index (χ1n) is 5.49. The number of pyridine rings is 1. The van der Waals surface area contributed by atoms with Crippen molar-refractivity contribution in [2.45, 2.75) is 12.3 Å². The van der Waals surface area contributed by atoms with Gasteiger partial charge in [0.05, 0.1) is 12.9 Å². The number of nitrogens with two attached hydrogens (primary N) is 1. The van der Waals surface area contributed by atoms with Crippen LogP contribution in [0.2, 0.25) is 0 Å². The van der Waals surface area contributed by atoms with E-state index < -0.39 is 6.23 Å². The average Bonchev–Trinajstić information content (AvgIpc) is 2.93. The number of aromatic nitrogens is 3. The van der Waals surface area contributed by atoms with E-state index in [0.29, 0.717) is 11.2 Å². The predicted molar refractivity (Wildman–Crippen MR) is 64.9 cm³/mol. The molecule has 2 aromatic heterocycles. The third-order valence-corrected chi connectivity index (χ3v) is 2.84. The number of H-pyrrole nitrogens is 1. The summed E-state index contributed by atoms with van der Waals surface area (Å²) in [5.41, 5.74) is 6.20. The molecule has 0 radical (unpaired) electrons. The number of hydrogen-bond donors (Lipinski definition) is 3. The fraction of sp³-hybridized carbons (Fsp3) is 0.273. The highest BCUT2D eigenvalue weighted by molar-refractivity contribution is 5.72. The molecule has 0 saturated carbocycles. The van der Waals surface area contributed by atoms with Crippen molar-refractivity contribution in [3.8, 4) is 0 Å². The molecule has 1 aliphatic heterocycles. The van der Waals surface area contributed by atoms with E-state index in [1.54, 1.807) is 16.7 Å². The van der Waals surface area contributed by atoms with E-state index in [2.05, 4.69) is 9.97 Å². The van der Waals surface area contributed by atoms with Crippen LogP contribution in [0.5, 0.6) is 0 Å². The van der Waals surface area contributed by atoms with Crippen molar-refractivity contribution in [1.29, 1.82) is 0 Å². The van der Waals surface area contributed by atoms with E-state index in [-0.39, 0.29) is 24.0 Å². The third-order valence-electron chi connectivity index (χ3n) is 2.84. The first kappa shape index (κ1) is 11.0. The molecule has 0 aliphatic carbocycles. The van der Waals surface area contributed by atoms with Gasteiger partial charge in [-0.05, 0) is 6.08 Å². The molecular formula is C11H12N4O3. The van der Waals surface area contributed by atoms with Crippen LogP contribution in [-0.4, -0.2) is 32.4 Å². The van der Waals surface area contributed by atoms with Crippen LogP contribution in [0, 0.1) is 0 Å². The molecule has 2 aromatic rings. The number of aliphatic hydroxyl groups excluding tert-OH is 1. The largest absolute Gasteiger partial charge is 0.393 e. The average molecular weight is 248 g/mol. The molecule has 3 rings (SSSR count). The smallest absolute Gasteiger partial charge is 0.211 e. The van der Waals surface area contributed by atoms with Crippen LogP contribution < -0.4 is 11.2 Å². The third kappa shape index (κ3) is 1.60. The lowest BCUT2D eigenvalue weighted by Gasteiger charge is -2.14. The Kier molecular flexibility index (Phi) is 2.42. The van der Waals surface area contributed by atoms with Crippen molar-refractivity contribution in [3.05, 3.63) is 34.8 Å². The van der Waals surface area contributed by atoms with Crippen LogP contribution in [-0.2, 0) is 4.74 Å². The molecule has 0 saturated heterocycles. The summed E-state index contributed by atoms with van der Waals surface area (Å²) in [6.45, 7) is -0.0850. The van der Waals surface area contributed by atoms with Crippen LogP contribution in [0.4, 0.5) is 5.82 Å². The highest BCUT2D eigenvalue weighted by atomic mass is 16.5. The van der Waals surface area contributed by atoms with Gasteiger partial charge in [-0.1, -0.05) is 6.08 Å². The number of hydrogen-bond acceptors (Lipinski definition) is 5. The van der Waals surface area contributed by atoms with Crippen molar-refractivity contribution in [1.82, 2.24) is 14.5 Å². The highest BCUT2D eigenvalue weighted by Crippen LogP contribution is 2.23. The molecule has 0 bridgehead atoms. The number of fused-ring (bicyclic) bond motifs is 1. The Morgan fingerprint density at radius 2 is 2.39 bits per heavy atom. The maximum Gasteiger partial charge on any atom is 0.211 e. The molecule has 4 N–H and O–H groups in total. The van der Waals surface area contributed by atoms with Crippen molar-refractivity contribution in [2.75, 3.05) is 12.3 Å². The summed E-state index contributed by atoms with van der Waals surface area (Å²) in [5.74, 6) is 0.273.